The first kappa shape index (κ1) is 12.6. The summed E-state index contributed by atoms with van der Waals surface area (Å²) < 4.78 is 4.97. The number of ether oxygens (including phenoxy) is 1. The maximum atomic E-state index is 11.1. The van der Waals surface area contributed by atoms with Crippen molar-refractivity contribution in [1.82, 2.24) is 0 Å². The first-order valence-corrected chi connectivity index (χ1v) is 5.55. The molecular weight excluding hydrogens is 204 g/mol. The summed E-state index contributed by atoms with van der Waals surface area (Å²) in [6, 6.07) is 5.16. The Balaban J connectivity index is 2.79. The van der Waals surface area contributed by atoms with E-state index in [-0.39, 0.29) is 17.5 Å². The number of phenols is 1. The van der Waals surface area contributed by atoms with Crippen LogP contribution in [0.15, 0.2) is 18.2 Å². The molecule has 1 aromatic rings. The van der Waals surface area contributed by atoms with Crippen LogP contribution in [0, 0.1) is 5.92 Å². The molecule has 0 radical (unpaired) electrons. The van der Waals surface area contributed by atoms with Crippen LogP contribution < -0.4 is 4.74 Å². The van der Waals surface area contributed by atoms with Gasteiger partial charge in [0.2, 0.25) is 0 Å². The molecule has 0 heterocycles. The highest BCUT2D eigenvalue weighted by Crippen LogP contribution is 2.28. The summed E-state index contributed by atoms with van der Waals surface area (Å²) in [6.07, 6.45) is 1.20. The molecule has 0 atom stereocenters. The zero-order valence-electron chi connectivity index (χ0n) is 9.99. The van der Waals surface area contributed by atoms with E-state index in [1.807, 2.05) is 6.07 Å². The highest BCUT2D eigenvalue weighted by Gasteiger charge is 2.08. The van der Waals surface area contributed by atoms with E-state index in [9.17, 15) is 9.90 Å². The lowest BCUT2D eigenvalue weighted by Crippen LogP contribution is -2.05. The average molecular weight is 222 g/mol. The predicted molar refractivity (Wildman–Crippen MR) is 62.6 cm³/mol. The molecule has 0 saturated carbocycles. The molecule has 0 fully saturated rings. The van der Waals surface area contributed by atoms with Gasteiger partial charge in [0, 0.05) is 6.42 Å². The number of carbonyl (C=O) groups excluding carboxylic acids is 1. The molecule has 0 aromatic heterocycles. The standard InChI is InChI=1S/C13H18O3/c1-4-13(15)16-12-6-5-10(7-9(2)3)8-11(12)14/h5-6,8-9,14H,4,7H2,1-3H3. The van der Waals surface area contributed by atoms with Crippen LogP contribution in [0.4, 0.5) is 0 Å². The number of carbonyl (C=O) groups is 1. The molecule has 0 unspecified atom stereocenters. The Morgan fingerprint density at radius 2 is 2.12 bits per heavy atom. The van der Waals surface area contributed by atoms with Crippen LogP contribution in [-0.2, 0) is 11.2 Å². The van der Waals surface area contributed by atoms with Crippen LogP contribution in [0.5, 0.6) is 11.5 Å². The van der Waals surface area contributed by atoms with Gasteiger partial charge in [-0.2, -0.15) is 0 Å². The number of hydrogen-bond donors (Lipinski definition) is 1. The fourth-order valence-corrected chi connectivity index (χ4v) is 1.44. The third kappa shape index (κ3) is 3.57. The predicted octanol–water partition coefficient (Wildman–Crippen LogP) is 2.91. The van der Waals surface area contributed by atoms with Gasteiger partial charge < -0.3 is 9.84 Å². The molecule has 16 heavy (non-hydrogen) atoms. The Morgan fingerprint density at radius 3 is 2.62 bits per heavy atom. The van der Waals surface area contributed by atoms with Crippen LogP contribution >= 0.6 is 0 Å². The number of phenolic OH excluding ortho intramolecular Hbond substituents is 1. The topological polar surface area (TPSA) is 46.5 Å². The third-order valence-electron chi connectivity index (χ3n) is 2.18. The molecule has 0 saturated heterocycles. The highest BCUT2D eigenvalue weighted by molar-refractivity contribution is 5.72. The number of rotatable bonds is 4. The van der Waals surface area contributed by atoms with Gasteiger partial charge in [-0.15, -0.1) is 0 Å². The summed E-state index contributed by atoms with van der Waals surface area (Å²) in [6.45, 7) is 5.94. The summed E-state index contributed by atoms with van der Waals surface area (Å²) in [7, 11) is 0. The lowest BCUT2D eigenvalue weighted by atomic mass is 10.0. The molecule has 0 amide bonds. The minimum Gasteiger partial charge on any atom is -0.504 e. The lowest BCUT2D eigenvalue weighted by Gasteiger charge is -2.08. The van der Waals surface area contributed by atoms with Gasteiger partial charge in [-0.25, -0.2) is 0 Å². The highest BCUT2D eigenvalue weighted by atomic mass is 16.5. The number of hydrogen-bond acceptors (Lipinski definition) is 3. The van der Waals surface area contributed by atoms with Gasteiger partial charge in [0.05, 0.1) is 0 Å². The molecule has 1 rings (SSSR count). The second kappa shape index (κ2) is 5.54. The largest absolute Gasteiger partial charge is 0.504 e. The summed E-state index contributed by atoms with van der Waals surface area (Å²) in [5.74, 6) is 0.453. The first-order chi connectivity index (χ1) is 7.52. The molecule has 0 spiro atoms. The minimum absolute atomic E-state index is 0.0277. The Morgan fingerprint density at radius 1 is 1.44 bits per heavy atom. The van der Waals surface area contributed by atoms with Crippen molar-refractivity contribution in [2.45, 2.75) is 33.6 Å². The van der Waals surface area contributed by atoms with E-state index in [1.54, 1.807) is 19.1 Å². The van der Waals surface area contributed by atoms with Gasteiger partial charge >= 0.3 is 5.97 Å². The molecule has 1 N–H and O–H groups in total. The Labute approximate surface area is 96.1 Å². The Kier molecular flexibility index (Phi) is 4.35. The van der Waals surface area contributed by atoms with Crippen LogP contribution in [0.1, 0.15) is 32.8 Å². The Bertz CT molecular complexity index is 369. The molecule has 0 bridgehead atoms. The zero-order valence-corrected chi connectivity index (χ0v) is 9.99. The van der Waals surface area contributed by atoms with Crippen LogP contribution in [0.25, 0.3) is 0 Å². The zero-order chi connectivity index (χ0) is 12.1. The van der Waals surface area contributed by atoms with E-state index >= 15 is 0 Å². The number of esters is 1. The van der Waals surface area contributed by atoms with Gasteiger partial charge in [-0.3, -0.25) is 4.79 Å². The van der Waals surface area contributed by atoms with Crippen molar-refractivity contribution < 1.29 is 14.6 Å². The van der Waals surface area contributed by atoms with E-state index in [2.05, 4.69) is 13.8 Å². The summed E-state index contributed by atoms with van der Waals surface area (Å²) in [5.41, 5.74) is 1.05. The van der Waals surface area contributed by atoms with E-state index in [1.165, 1.54) is 0 Å². The molecule has 0 aliphatic heterocycles. The van der Waals surface area contributed by atoms with Crippen LogP contribution in [-0.4, -0.2) is 11.1 Å². The molecule has 0 aliphatic rings. The van der Waals surface area contributed by atoms with Crippen molar-refractivity contribution in [1.29, 1.82) is 0 Å². The maximum Gasteiger partial charge on any atom is 0.311 e. The van der Waals surface area contributed by atoms with Gasteiger partial charge in [0.15, 0.2) is 11.5 Å². The Hall–Kier alpha value is -1.51. The van der Waals surface area contributed by atoms with Crippen molar-refractivity contribution in [3.05, 3.63) is 23.8 Å². The van der Waals surface area contributed by atoms with E-state index in [4.69, 9.17) is 4.74 Å². The first-order valence-electron chi connectivity index (χ1n) is 5.55. The van der Waals surface area contributed by atoms with Gasteiger partial charge in [-0.1, -0.05) is 26.8 Å². The SMILES string of the molecule is CCC(=O)Oc1ccc(CC(C)C)cc1O. The van der Waals surface area contributed by atoms with Crippen LogP contribution in [0.2, 0.25) is 0 Å². The minimum atomic E-state index is -0.341. The summed E-state index contributed by atoms with van der Waals surface area (Å²) in [4.78, 5) is 11.1. The second-order valence-electron chi connectivity index (χ2n) is 4.23. The number of aromatic hydroxyl groups is 1. The van der Waals surface area contributed by atoms with Crippen molar-refractivity contribution in [2.75, 3.05) is 0 Å². The maximum absolute atomic E-state index is 11.1. The van der Waals surface area contributed by atoms with Gasteiger partial charge in [0.25, 0.3) is 0 Å². The quantitative estimate of drug-likeness (QED) is 0.629. The lowest BCUT2D eigenvalue weighted by molar-refractivity contribution is -0.134. The van der Waals surface area contributed by atoms with Crippen LogP contribution in [0.3, 0.4) is 0 Å². The molecule has 3 heteroatoms. The van der Waals surface area contributed by atoms with E-state index in [0.29, 0.717) is 12.3 Å². The van der Waals surface area contributed by atoms with E-state index in [0.717, 1.165) is 12.0 Å². The monoisotopic (exact) mass is 222 g/mol. The van der Waals surface area contributed by atoms with Gasteiger partial charge in [-0.05, 0) is 30.0 Å². The molecule has 1 aromatic carbocycles. The molecule has 88 valence electrons. The molecule has 0 aliphatic carbocycles. The average Bonchev–Trinajstić information content (AvgIpc) is 2.21. The van der Waals surface area contributed by atoms with Gasteiger partial charge in [0.1, 0.15) is 0 Å². The van der Waals surface area contributed by atoms with Crippen molar-refractivity contribution in [2.24, 2.45) is 5.92 Å². The van der Waals surface area contributed by atoms with Crippen molar-refractivity contribution >= 4 is 5.97 Å². The smallest absolute Gasteiger partial charge is 0.311 e. The fraction of sp³-hybridized carbons (Fsp3) is 0.462. The normalized spacial score (nSPS) is 10.5. The van der Waals surface area contributed by atoms with Crippen molar-refractivity contribution in [3.8, 4) is 11.5 Å². The van der Waals surface area contributed by atoms with Crippen molar-refractivity contribution in [3.63, 3.8) is 0 Å². The second-order valence-corrected chi connectivity index (χ2v) is 4.23. The van der Waals surface area contributed by atoms with E-state index < -0.39 is 0 Å². The fourth-order valence-electron chi connectivity index (χ4n) is 1.44. The number of benzene rings is 1. The third-order valence-corrected chi connectivity index (χ3v) is 2.18. The summed E-state index contributed by atoms with van der Waals surface area (Å²) in [5, 5.41) is 9.67. The summed E-state index contributed by atoms with van der Waals surface area (Å²) >= 11 is 0. The molecule has 3 nitrogen and oxygen atoms in total. The molecular formula is C13H18O3.